The summed E-state index contributed by atoms with van der Waals surface area (Å²) in [5, 5.41) is 23.6. The summed E-state index contributed by atoms with van der Waals surface area (Å²) in [6.45, 7) is 12.6. The minimum absolute atomic E-state index is 0.244. The number of phenols is 2. The first-order chi connectivity index (χ1) is 18.2. The van der Waals surface area contributed by atoms with E-state index in [9.17, 15) is 10.2 Å². The molecule has 0 radical (unpaired) electrons. The largest absolute Gasteiger partial charge is 0.507 e. The predicted molar refractivity (Wildman–Crippen MR) is 162 cm³/mol. The summed E-state index contributed by atoms with van der Waals surface area (Å²) in [6.07, 6.45) is 5.49. The van der Waals surface area contributed by atoms with Crippen molar-refractivity contribution in [1.29, 1.82) is 0 Å². The molecule has 0 saturated carbocycles. The topological polar surface area (TPSA) is 65.2 Å². The quantitative estimate of drug-likeness (QED) is 0.234. The molecule has 4 nitrogen and oxygen atoms in total. The van der Waals surface area contributed by atoms with E-state index < -0.39 is 0 Å². The maximum Gasteiger partial charge on any atom is 0.127 e. The van der Waals surface area contributed by atoms with Gasteiger partial charge in [-0.1, -0.05) is 64.1 Å². The van der Waals surface area contributed by atoms with Gasteiger partial charge >= 0.3 is 0 Å². The van der Waals surface area contributed by atoms with Crippen LogP contribution < -0.4 is 0 Å². The van der Waals surface area contributed by atoms with Crippen LogP contribution in [0.15, 0.2) is 70.6 Å². The highest BCUT2D eigenvalue weighted by Crippen LogP contribution is 2.35. The Kier molecular flexibility index (Phi) is 8.31. The lowest BCUT2D eigenvalue weighted by atomic mass is 9.94. The summed E-state index contributed by atoms with van der Waals surface area (Å²) in [7, 11) is 0. The lowest BCUT2D eigenvalue weighted by Crippen LogP contribution is -1.96. The van der Waals surface area contributed by atoms with Crippen molar-refractivity contribution in [1.82, 2.24) is 0 Å². The van der Waals surface area contributed by atoms with Crippen LogP contribution in [0.3, 0.4) is 0 Å². The fourth-order valence-electron chi connectivity index (χ4n) is 4.61. The zero-order valence-corrected chi connectivity index (χ0v) is 23.3. The minimum Gasteiger partial charge on any atom is -0.507 e. The van der Waals surface area contributed by atoms with Gasteiger partial charge < -0.3 is 10.2 Å². The van der Waals surface area contributed by atoms with Gasteiger partial charge in [-0.2, -0.15) is 0 Å². The van der Waals surface area contributed by atoms with E-state index >= 15 is 0 Å². The number of fused-ring (bicyclic) bond motifs is 1. The Morgan fingerprint density at radius 3 is 1.42 bits per heavy atom. The number of aromatic hydroxyl groups is 2. The molecule has 0 aliphatic carbocycles. The summed E-state index contributed by atoms with van der Waals surface area (Å²) in [6, 6.07) is 20.3. The molecule has 0 spiro atoms. The average molecular weight is 507 g/mol. The van der Waals surface area contributed by atoms with Crippen LogP contribution in [0.1, 0.15) is 85.8 Å². The Bertz CT molecular complexity index is 1400. The molecular formula is C34H38N2O2. The van der Waals surface area contributed by atoms with Crippen LogP contribution >= 0.6 is 0 Å². The summed E-state index contributed by atoms with van der Waals surface area (Å²) in [5.74, 6) is 1.28. The highest BCUT2D eigenvalue weighted by molar-refractivity contribution is 5.96. The molecule has 0 aromatic heterocycles. The van der Waals surface area contributed by atoms with Crippen LogP contribution in [0, 0.1) is 13.8 Å². The van der Waals surface area contributed by atoms with Gasteiger partial charge in [-0.25, -0.2) is 0 Å². The second-order valence-electron chi connectivity index (χ2n) is 10.4. The Morgan fingerprint density at radius 1 is 0.658 bits per heavy atom. The molecule has 0 saturated heterocycles. The van der Waals surface area contributed by atoms with Crippen molar-refractivity contribution in [2.24, 2.45) is 9.98 Å². The lowest BCUT2D eigenvalue weighted by molar-refractivity contribution is 0.469. The van der Waals surface area contributed by atoms with E-state index in [2.05, 4.69) is 52.0 Å². The second kappa shape index (κ2) is 11.6. The van der Waals surface area contributed by atoms with E-state index in [1.807, 2.05) is 50.2 Å². The standard InChI is InChI=1S/C34H38N2O2/c1-7-21(3)27-13-23(5)33(37)29(15-27)19-35-31-17-25-11-9-10-12-26(25)18-32(31)36-20-30-16-28(22(4)8-2)14-24(6)34(30)38/h9-22,37-38H,7-8H2,1-6H3. The molecule has 38 heavy (non-hydrogen) atoms. The summed E-state index contributed by atoms with van der Waals surface area (Å²) < 4.78 is 0. The fourth-order valence-corrected chi connectivity index (χ4v) is 4.61. The van der Waals surface area contributed by atoms with Crippen molar-refractivity contribution in [2.45, 2.75) is 66.2 Å². The summed E-state index contributed by atoms with van der Waals surface area (Å²) >= 11 is 0. The van der Waals surface area contributed by atoms with E-state index in [4.69, 9.17) is 9.98 Å². The molecule has 0 bridgehead atoms. The summed E-state index contributed by atoms with van der Waals surface area (Å²) in [4.78, 5) is 9.61. The van der Waals surface area contributed by atoms with Gasteiger partial charge in [0.25, 0.3) is 0 Å². The van der Waals surface area contributed by atoms with E-state index in [1.54, 1.807) is 12.4 Å². The van der Waals surface area contributed by atoms with E-state index in [1.165, 1.54) is 11.1 Å². The van der Waals surface area contributed by atoms with Crippen LogP contribution in [0.5, 0.6) is 11.5 Å². The highest BCUT2D eigenvalue weighted by atomic mass is 16.3. The molecule has 4 aromatic rings. The van der Waals surface area contributed by atoms with Crippen molar-refractivity contribution in [3.63, 3.8) is 0 Å². The number of aryl methyl sites for hydroxylation is 2. The lowest BCUT2D eigenvalue weighted by Gasteiger charge is -2.13. The number of nitrogens with zero attached hydrogens (tertiary/aromatic N) is 2. The van der Waals surface area contributed by atoms with Crippen molar-refractivity contribution < 1.29 is 10.2 Å². The van der Waals surface area contributed by atoms with Crippen molar-refractivity contribution >= 4 is 34.6 Å². The molecule has 4 rings (SSSR count). The molecule has 196 valence electrons. The Hall–Kier alpha value is -3.92. The molecule has 0 heterocycles. The zero-order valence-electron chi connectivity index (χ0n) is 23.3. The third kappa shape index (κ3) is 5.80. The van der Waals surface area contributed by atoms with Gasteiger partial charge in [-0.3, -0.25) is 9.98 Å². The number of phenolic OH excluding ortho intramolecular Hbond substituents is 2. The minimum atomic E-state index is 0.244. The number of benzene rings is 4. The molecule has 2 atom stereocenters. The first-order valence-corrected chi connectivity index (χ1v) is 13.5. The molecule has 2 N–H and O–H groups in total. The van der Waals surface area contributed by atoms with Crippen LogP contribution in [0.4, 0.5) is 11.4 Å². The Balaban J connectivity index is 1.80. The first-order valence-electron chi connectivity index (χ1n) is 13.5. The molecule has 0 aliphatic heterocycles. The first kappa shape index (κ1) is 27.1. The monoisotopic (exact) mass is 506 g/mol. The number of hydrogen-bond acceptors (Lipinski definition) is 4. The predicted octanol–water partition coefficient (Wildman–Crippen LogP) is 9.40. The molecule has 0 aliphatic rings. The van der Waals surface area contributed by atoms with Gasteiger partial charge in [-0.05, 0) is 95.8 Å². The van der Waals surface area contributed by atoms with Gasteiger partial charge in [0.15, 0.2) is 0 Å². The van der Waals surface area contributed by atoms with Crippen LogP contribution in [-0.2, 0) is 0 Å². The van der Waals surface area contributed by atoms with Gasteiger partial charge in [-0.15, -0.1) is 0 Å². The Labute approximate surface area is 226 Å². The van der Waals surface area contributed by atoms with Crippen molar-refractivity contribution in [3.8, 4) is 11.5 Å². The number of aliphatic imine (C=N–C) groups is 2. The SMILES string of the molecule is CCC(C)c1cc(C)c(O)c(C=Nc2cc3ccccc3cc2N=Cc2cc(C(C)CC)cc(C)c2O)c1. The molecular weight excluding hydrogens is 468 g/mol. The van der Waals surface area contributed by atoms with E-state index in [0.29, 0.717) is 34.3 Å². The smallest absolute Gasteiger partial charge is 0.127 e. The Morgan fingerprint density at radius 2 is 1.05 bits per heavy atom. The molecule has 0 fully saturated rings. The zero-order chi connectivity index (χ0) is 27.4. The van der Waals surface area contributed by atoms with Gasteiger partial charge in [0.05, 0.1) is 11.4 Å². The van der Waals surface area contributed by atoms with Crippen LogP contribution in [0.2, 0.25) is 0 Å². The van der Waals surface area contributed by atoms with E-state index in [0.717, 1.165) is 34.7 Å². The maximum absolute atomic E-state index is 10.7. The third-order valence-electron chi connectivity index (χ3n) is 7.60. The van der Waals surface area contributed by atoms with Crippen LogP contribution in [0.25, 0.3) is 10.8 Å². The average Bonchev–Trinajstić information content (AvgIpc) is 2.93. The highest BCUT2D eigenvalue weighted by Gasteiger charge is 2.12. The third-order valence-corrected chi connectivity index (χ3v) is 7.60. The number of hydrogen-bond donors (Lipinski definition) is 2. The normalized spacial score (nSPS) is 13.5. The molecule has 0 amide bonds. The van der Waals surface area contributed by atoms with Gasteiger partial charge in [0, 0.05) is 23.6 Å². The number of rotatable bonds is 8. The van der Waals surface area contributed by atoms with Crippen LogP contribution in [-0.4, -0.2) is 22.6 Å². The summed E-state index contributed by atoms with van der Waals surface area (Å²) in [5.41, 5.74) is 6.83. The van der Waals surface area contributed by atoms with Gasteiger partial charge in [0.1, 0.15) is 11.5 Å². The fraction of sp³-hybridized carbons (Fsp3) is 0.294. The van der Waals surface area contributed by atoms with Crippen molar-refractivity contribution in [2.75, 3.05) is 0 Å². The van der Waals surface area contributed by atoms with Gasteiger partial charge in [0.2, 0.25) is 0 Å². The maximum atomic E-state index is 10.7. The molecule has 2 unspecified atom stereocenters. The van der Waals surface area contributed by atoms with Crippen molar-refractivity contribution in [3.05, 3.63) is 94.0 Å². The second-order valence-corrected chi connectivity index (χ2v) is 10.4. The van der Waals surface area contributed by atoms with E-state index in [-0.39, 0.29) is 11.5 Å². The molecule has 4 aromatic carbocycles. The molecule has 4 heteroatoms.